The van der Waals surface area contributed by atoms with Crippen LogP contribution in [0, 0.1) is 0 Å². The number of rotatable bonds is 4. The van der Waals surface area contributed by atoms with Crippen molar-refractivity contribution in [1.29, 1.82) is 0 Å². The average Bonchev–Trinajstić information content (AvgIpc) is 2.09. The van der Waals surface area contributed by atoms with Crippen LogP contribution >= 0.6 is 24.0 Å². The molecule has 0 aliphatic carbocycles. The summed E-state index contributed by atoms with van der Waals surface area (Å²) in [7, 11) is 0. The Balaban J connectivity index is 0.00000144. The molecule has 13 heavy (non-hydrogen) atoms. The van der Waals surface area contributed by atoms with Gasteiger partial charge in [-0.1, -0.05) is 23.7 Å². The minimum absolute atomic E-state index is 0. The monoisotopic (exact) mass is 221 g/mol. The molecule has 0 heterocycles. The van der Waals surface area contributed by atoms with Crippen molar-refractivity contribution in [1.82, 2.24) is 0 Å². The largest absolute Gasteiger partial charge is 0.492 e. The van der Waals surface area contributed by atoms with E-state index in [4.69, 9.17) is 22.1 Å². The average molecular weight is 222 g/mol. The topological polar surface area (TPSA) is 35.2 Å². The van der Waals surface area contributed by atoms with Gasteiger partial charge in [-0.25, -0.2) is 0 Å². The zero-order chi connectivity index (χ0) is 8.81. The smallest absolute Gasteiger partial charge is 0.137 e. The number of benzene rings is 1. The van der Waals surface area contributed by atoms with Gasteiger partial charge in [-0.3, -0.25) is 0 Å². The lowest BCUT2D eigenvalue weighted by Crippen LogP contribution is -2.06. The van der Waals surface area contributed by atoms with Crippen LogP contribution in [-0.2, 0) is 0 Å². The summed E-state index contributed by atoms with van der Waals surface area (Å²) in [6.07, 6.45) is 0.852. The van der Waals surface area contributed by atoms with Gasteiger partial charge in [-0.05, 0) is 25.1 Å². The highest BCUT2D eigenvalue weighted by Gasteiger charge is 1.97. The molecule has 0 spiro atoms. The Labute approximate surface area is 89.4 Å². The van der Waals surface area contributed by atoms with Gasteiger partial charge < -0.3 is 10.5 Å². The van der Waals surface area contributed by atoms with Crippen LogP contribution in [0.5, 0.6) is 5.75 Å². The van der Waals surface area contributed by atoms with Crippen molar-refractivity contribution in [3.05, 3.63) is 29.3 Å². The third kappa shape index (κ3) is 4.36. The van der Waals surface area contributed by atoms with Crippen molar-refractivity contribution in [2.45, 2.75) is 6.42 Å². The fourth-order valence-electron chi connectivity index (χ4n) is 0.827. The van der Waals surface area contributed by atoms with Gasteiger partial charge in [0.15, 0.2) is 0 Å². The summed E-state index contributed by atoms with van der Waals surface area (Å²) in [5.74, 6) is 0.729. The fraction of sp³-hybridized carbons (Fsp3) is 0.333. The van der Waals surface area contributed by atoms with Gasteiger partial charge >= 0.3 is 0 Å². The van der Waals surface area contributed by atoms with E-state index in [2.05, 4.69) is 0 Å². The summed E-state index contributed by atoms with van der Waals surface area (Å²) < 4.78 is 5.37. The Morgan fingerprint density at radius 3 is 2.62 bits per heavy atom. The van der Waals surface area contributed by atoms with Crippen molar-refractivity contribution in [3.8, 4) is 5.75 Å². The molecule has 0 unspecified atom stereocenters. The number of hydrogen-bond acceptors (Lipinski definition) is 2. The predicted octanol–water partition coefficient (Wildman–Crippen LogP) is 2.49. The maximum absolute atomic E-state index is 5.85. The number of nitrogens with two attached hydrogens (primary N) is 1. The third-order valence-electron chi connectivity index (χ3n) is 1.44. The van der Waals surface area contributed by atoms with Gasteiger partial charge in [0.2, 0.25) is 0 Å². The lowest BCUT2D eigenvalue weighted by Gasteiger charge is -2.05. The van der Waals surface area contributed by atoms with Gasteiger partial charge in [0, 0.05) is 0 Å². The normalized spacial score (nSPS) is 9.08. The van der Waals surface area contributed by atoms with Crippen molar-refractivity contribution in [2.75, 3.05) is 13.2 Å². The lowest BCUT2D eigenvalue weighted by atomic mass is 10.3. The van der Waals surface area contributed by atoms with Gasteiger partial charge in [0.05, 0.1) is 11.6 Å². The molecule has 4 heteroatoms. The molecule has 0 fully saturated rings. The minimum atomic E-state index is 0. The molecule has 0 bridgehead atoms. The van der Waals surface area contributed by atoms with E-state index in [0.29, 0.717) is 18.2 Å². The third-order valence-corrected chi connectivity index (χ3v) is 1.75. The van der Waals surface area contributed by atoms with Gasteiger partial charge in [-0.2, -0.15) is 0 Å². The lowest BCUT2D eigenvalue weighted by molar-refractivity contribution is 0.313. The van der Waals surface area contributed by atoms with Gasteiger partial charge in [0.25, 0.3) is 0 Å². The summed E-state index contributed by atoms with van der Waals surface area (Å²) >= 11 is 5.85. The Hall–Kier alpha value is -0.440. The first-order valence-electron chi connectivity index (χ1n) is 3.92. The molecule has 1 rings (SSSR count). The molecule has 0 amide bonds. The van der Waals surface area contributed by atoms with E-state index in [1.54, 1.807) is 6.07 Å². The van der Waals surface area contributed by atoms with E-state index in [-0.39, 0.29) is 12.4 Å². The number of para-hydroxylation sites is 1. The van der Waals surface area contributed by atoms with E-state index in [1.165, 1.54) is 0 Å². The first-order chi connectivity index (χ1) is 5.84. The molecule has 0 atom stereocenters. The minimum Gasteiger partial charge on any atom is -0.492 e. The summed E-state index contributed by atoms with van der Waals surface area (Å²) in [5, 5.41) is 0.648. The molecule has 0 saturated carbocycles. The van der Waals surface area contributed by atoms with Crippen molar-refractivity contribution >= 4 is 24.0 Å². The van der Waals surface area contributed by atoms with E-state index >= 15 is 0 Å². The van der Waals surface area contributed by atoms with Gasteiger partial charge in [-0.15, -0.1) is 12.4 Å². The number of halogens is 2. The highest BCUT2D eigenvalue weighted by molar-refractivity contribution is 6.32. The van der Waals surface area contributed by atoms with Crippen LogP contribution in [0.1, 0.15) is 6.42 Å². The molecule has 2 nitrogen and oxygen atoms in total. The van der Waals surface area contributed by atoms with Crippen molar-refractivity contribution < 1.29 is 4.74 Å². The second kappa shape index (κ2) is 7.01. The second-order valence-electron chi connectivity index (χ2n) is 2.42. The first-order valence-corrected chi connectivity index (χ1v) is 4.30. The van der Waals surface area contributed by atoms with Crippen LogP contribution in [0.25, 0.3) is 0 Å². The molecular formula is C9H13Cl2NO. The standard InChI is InChI=1S/C9H12ClNO.ClH/c10-8-4-1-2-5-9(8)12-7-3-6-11;/h1-2,4-5H,3,6-7,11H2;1H. The molecule has 0 radical (unpaired) electrons. The summed E-state index contributed by atoms with van der Waals surface area (Å²) in [6, 6.07) is 7.42. The number of ether oxygens (including phenoxy) is 1. The first kappa shape index (κ1) is 12.6. The van der Waals surface area contributed by atoms with Crippen LogP contribution in [0.4, 0.5) is 0 Å². The highest BCUT2D eigenvalue weighted by Crippen LogP contribution is 2.22. The highest BCUT2D eigenvalue weighted by atomic mass is 35.5. The zero-order valence-electron chi connectivity index (χ0n) is 7.20. The van der Waals surface area contributed by atoms with E-state index in [0.717, 1.165) is 12.2 Å². The Morgan fingerprint density at radius 1 is 1.31 bits per heavy atom. The van der Waals surface area contributed by atoms with Gasteiger partial charge in [0.1, 0.15) is 5.75 Å². The molecule has 2 N–H and O–H groups in total. The van der Waals surface area contributed by atoms with E-state index in [9.17, 15) is 0 Å². The molecule has 0 aromatic heterocycles. The zero-order valence-corrected chi connectivity index (χ0v) is 8.77. The molecule has 1 aromatic rings. The number of hydrogen-bond donors (Lipinski definition) is 1. The van der Waals surface area contributed by atoms with Crippen molar-refractivity contribution in [3.63, 3.8) is 0 Å². The molecule has 0 saturated heterocycles. The van der Waals surface area contributed by atoms with Crippen molar-refractivity contribution in [2.24, 2.45) is 5.73 Å². The summed E-state index contributed by atoms with van der Waals surface area (Å²) in [6.45, 7) is 1.27. The maximum atomic E-state index is 5.85. The van der Waals surface area contributed by atoms with E-state index in [1.807, 2.05) is 18.2 Å². The molecule has 0 aliphatic rings. The molecular weight excluding hydrogens is 209 g/mol. The van der Waals surface area contributed by atoms with E-state index < -0.39 is 0 Å². The summed E-state index contributed by atoms with van der Waals surface area (Å²) in [5.41, 5.74) is 5.32. The molecule has 74 valence electrons. The van der Waals surface area contributed by atoms with Crippen LogP contribution < -0.4 is 10.5 Å². The Morgan fingerprint density at radius 2 is 2.00 bits per heavy atom. The predicted molar refractivity (Wildman–Crippen MR) is 57.9 cm³/mol. The Bertz CT molecular complexity index is 243. The quantitative estimate of drug-likeness (QED) is 0.794. The molecule has 0 aliphatic heterocycles. The SMILES string of the molecule is Cl.NCCCOc1ccccc1Cl. The van der Waals surface area contributed by atoms with Crippen LogP contribution in [-0.4, -0.2) is 13.2 Å². The fourth-order valence-corrected chi connectivity index (χ4v) is 1.02. The molecule has 1 aromatic carbocycles. The van der Waals surface area contributed by atoms with Crippen LogP contribution in [0.15, 0.2) is 24.3 Å². The maximum Gasteiger partial charge on any atom is 0.137 e. The summed E-state index contributed by atoms with van der Waals surface area (Å²) in [4.78, 5) is 0. The Kier molecular flexibility index (Phi) is 6.77. The van der Waals surface area contributed by atoms with Crippen LogP contribution in [0.3, 0.4) is 0 Å². The van der Waals surface area contributed by atoms with Crippen LogP contribution in [0.2, 0.25) is 5.02 Å². The second-order valence-corrected chi connectivity index (χ2v) is 2.83.